The van der Waals surface area contributed by atoms with Crippen LogP contribution >= 0.6 is 0 Å². The minimum Gasteiger partial charge on any atom is -0.397 e. The third kappa shape index (κ3) is 1.89. The Balaban J connectivity index is 1.76. The van der Waals surface area contributed by atoms with Gasteiger partial charge >= 0.3 is 0 Å². The van der Waals surface area contributed by atoms with Gasteiger partial charge in [-0.05, 0) is 44.4 Å². The summed E-state index contributed by atoms with van der Waals surface area (Å²) >= 11 is 0. The fraction of sp³-hybridized carbons (Fsp3) is 0.571. The number of nitrogens with one attached hydrogen (secondary N) is 1. The Labute approximate surface area is 103 Å². The molecule has 2 heterocycles. The highest BCUT2D eigenvalue weighted by atomic mass is 15.2. The lowest BCUT2D eigenvalue weighted by atomic mass is 10.1. The molecule has 2 atom stereocenters. The molecule has 0 aromatic heterocycles. The molecule has 0 spiro atoms. The first-order valence-corrected chi connectivity index (χ1v) is 6.61. The maximum atomic E-state index is 6.12. The normalized spacial score (nSPS) is 28.3. The molecule has 0 saturated carbocycles. The number of anilines is 2. The third-order valence-electron chi connectivity index (χ3n) is 4.27. The number of para-hydroxylation sites is 1. The second-order valence-corrected chi connectivity index (χ2v) is 5.32. The zero-order valence-corrected chi connectivity index (χ0v) is 10.4. The zero-order valence-electron chi connectivity index (χ0n) is 10.4. The third-order valence-corrected chi connectivity index (χ3v) is 4.27. The SMILES string of the molecule is Cc1cccc(NC2CCN3CCCC23)c1N. The lowest BCUT2D eigenvalue weighted by Crippen LogP contribution is -2.33. The highest BCUT2D eigenvalue weighted by molar-refractivity contribution is 5.70. The molecule has 3 nitrogen and oxygen atoms in total. The molecule has 2 saturated heterocycles. The maximum Gasteiger partial charge on any atom is 0.0579 e. The van der Waals surface area contributed by atoms with E-state index in [0.29, 0.717) is 6.04 Å². The number of benzene rings is 1. The van der Waals surface area contributed by atoms with Gasteiger partial charge in [0.2, 0.25) is 0 Å². The largest absolute Gasteiger partial charge is 0.397 e. The summed E-state index contributed by atoms with van der Waals surface area (Å²) < 4.78 is 0. The molecule has 17 heavy (non-hydrogen) atoms. The lowest BCUT2D eigenvalue weighted by Gasteiger charge is -2.23. The average molecular weight is 231 g/mol. The first-order chi connectivity index (χ1) is 8.25. The summed E-state index contributed by atoms with van der Waals surface area (Å²) in [5.41, 5.74) is 9.31. The van der Waals surface area contributed by atoms with Crippen LogP contribution in [0.5, 0.6) is 0 Å². The van der Waals surface area contributed by atoms with Gasteiger partial charge in [0.05, 0.1) is 11.4 Å². The summed E-state index contributed by atoms with van der Waals surface area (Å²) in [6.07, 6.45) is 3.94. The topological polar surface area (TPSA) is 41.3 Å². The van der Waals surface area contributed by atoms with Gasteiger partial charge in [-0.15, -0.1) is 0 Å². The number of nitrogen functional groups attached to an aromatic ring is 1. The van der Waals surface area contributed by atoms with E-state index in [1.807, 2.05) is 0 Å². The van der Waals surface area contributed by atoms with E-state index in [1.54, 1.807) is 0 Å². The number of aryl methyl sites for hydroxylation is 1. The first-order valence-electron chi connectivity index (χ1n) is 6.61. The van der Waals surface area contributed by atoms with Crippen LogP contribution in [0.3, 0.4) is 0 Å². The van der Waals surface area contributed by atoms with Crippen LogP contribution in [0.4, 0.5) is 11.4 Å². The van der Waals surface area contributed by atoms with E-state index in [2.05, 4.69) is 35.3 Å². The van der Waals surface area contributed by atoms with E-state index in [-0.39, 0.29) is 0 Å². The van der Waals surface area contributed by atoms with E-state index in [4.69, 9.17) is 5.73 Å². The van der Waals surface area contributed by atoms with Crippen LogP contribution in [0.2, 0.25) is 0 Å². The van der Waals surface area contributed by atoms with E-state index in [9.17, 15) is 0 Å². The van der Waals surface area contributed by atoms with Gasteiger partial charge in [0, 0.05) is 18.6 Å². The van der Waals surface area contributed by atoms with E-state index in [1.165, 1.54) is 32.4 Å². The molecule has 2 aliphatic rings. The highest BCUT2D eigenvalue weighted by Crippen LogP contribution is 2.32. The fourth-order valence-corrected chi connectivity index (χ4v) is 3.26. The predicted octanol–water partition coefficient (Wildman–Crippen LogP) is 2.23. The van der Waals surface area contributed by atoms with Crippen molar-refractivity contribution >= 4 is 11.4 Å². The molecular weight excluding hydrogens is 210 g/mol. The highest BCUT2D eigenvalue weighted by Gasteiger charge is 2.37. The summed E-state index contributed by atoms with van der Waals surface area (Å²) in [6.45, 7) is 4.59. The van der Waals surface area contributed by atoms with Crippen molar-refractivity contribution in [2.75, 3.05) is 24.1 Å². The van der Waals surface area contributed by atoms with Crippen molar-refractivity contribution < 1.29 is 0 Å². The standard InChI is InChI=1S/C14H21N3/c1-10-4-2-5-12(14(10)15)16-11-7-9-17-8-3-6-13(11)17/h2,4-5,11,13,16H,3,6-9,15H2,1H3. The number of hydrogen-bond acceptors (Lipinski definition) is 3. The van der Waals surface area contributed by atoms with Crippen LogP contribution in [-0.4, -0.2) is 30.1 Å². The Hall–Kier alpha value is -1.22. The molecule has 0 amide bonds. The van der Waals surface area contributed by atoms with Crippen molar-refractivity contribution in [2.24, 2.45) is 0 Å². The fourth-order valence-electron chi connectivity index (χ4n) is 3.26. The molecule has 2 aliphatic heterocycles. The van der Waals surface area contributed by atoms with Gasteiger partial charge < -0.3 is 11.1 Å². The predicted molar refractivity (Wildman–Crippen MR) is 72.2 cm³/mol. The van der Waals surface area contributed by atoms with Crippen molar-refractivity contribution in [3.05, 3.63) is 23.8 Å². The van der Waals surface area contributed by atoms with Gasteiger partial charge in [-0.1, -0.05) is 12.1 Å². The minimum absolute atomic E-state index is 0.585. The maximum absolute atomic E-state index is 6.12. The smallest absolute Gasteiger partial charge is 0.0579 e. The van der Waals surface area contributed by atoms with Crippen molar-refractivity contribution in [2.45, 2.75) is 38.3 Å². The monoisotopic (exact) mass is 231 g/mol. The Morgan fingerprint density at radius 2 is 2.18 bits per heavy atom. The van der Waals surface area contributed by atoms with Crippen molar-refractivity contribution in [1.29, 1.82) is 0 Å². The van der Waals surface area contributed by atoms with Crippen LogP contribution in [0.25, 0.3) is 0 Å². The quantitative estimate of drug-likeness (QED) is 0.767. The number of rotatable bonds is 2. The summed E-state index contributed by atoms with van der Waals surface area (Å²) in [4.78, 5) is 2.61. The average Bonchev–Trinajstić information content (AvgIpc) is 2.89. The van der Waals surface area contributed by atoms with Gasteiger partial charge in [0.1, 0.15) is 0 Å². The summed E-state index contributed by atoms with van der Waals surface area (Å²) in [6, 6.07) is 7.56. The van der Waals surface area contributed by atoms with E-state index >= 15 is 0 Å². The van der Waals surface area contributed by atoms with Crippen LogP contribution in [0.15, 0.2) is 18.2 Å². The Morgan fingerprint density at radius 1 is 1.29 bits per heavy atom. The van der Waals surface area contributed by atoms with Gasteiger partial charge in [-0.25, -0.2) is 0 Å². The molecule has 3 N–H and O–H groups in total. The van der Waals surface area contributed by atoms with Crippen LogP contribution < -0.4 is 11.1 Å². The van der Waals surface area contributed by atoms with Gasteiger partial charge in [0.25, 0.3) is 0 Å². The van der Waals surface area contributed by atoms with Crippen molar-refractivity contribution in [1.82, 2.24) is 4.90 Å². The molecular formula is C14H21N3. The zero-order chi connectivity index (χ0) is 11.8. The molecule has 3 rings (SSSR count). The Kier molecular flexibility index (Phi) is 2.71. The molecule has 0 bridgehead atoms. The van der Waals surface area contributed by atoms with Gasteiger partial charge in [-0.3, -0.25) is 4.90 Å². The van der Waals surface area contributed by atoms with Crippen LogP contribution in [-0.2, 0) is 0 Å². The summed E-state index contributed by atoms with van der Waals surface area (Å²) in [7, 11) is 0. The first kappa shape index (κ1) is 10.9. The number of fused-ring (bicyclic) bond motifs is 1. The molecule has 0 aliphatic carbocycles. The van der Waals surface area contributed by atoms with Crippen LogP contribution in [0.1, 0.15) is 24.8 Å². The van der Waals surface area contributed by atoms with Crippen molar-refractivity contribution in [3.63, 3.8) is 0 Å². The summed E-state index contributed by atoms with van der Waals surface area (Å²) in [5.74, 6) is 0. The molecule has 2 fully saturated rings. The van der Waals surface area contributed by atoms with Crippen molar-refractivity contribution in [3.8, 4) is 0 Å². The number of nitrogens with two attached hydrogens (primary N) is 1. The molecule has 3 heteroatoms. The van der Waals surface area contributed by atoms with Crippen LogP contribution in [0, 0.1) is 6.92 Å². The molecule has 1 aromatic carbocycles. The molecule has 2 unspecified atom stereocenters. The second kappa shape index (κ2) is 4.22. The van der Waals surface area contributed by atoms with E-state index in [0.717, 1.165) is 23.0 Å². The lowest BCUT2D eigenvalue weighted by molar-refractivity contribution is 0.318. The van der Waals surface area contributed by atoms with E-state index < -0.39 is 0 Å². The second-order valence-electron chi connectivity index (χ2n) is 5.32. The summed E-state index contributed by atoms with van der Waals surface area (Å²) in [5, 5.41) is 3.65. The Bertz CT molecular complexity index is 416. The van der Waals surface area contributed by atoms with Gasteiger partial charge in [0.15, 0.2) is 0 Å². The number of hydrogen-bond donors (Lipinski definition) is 2. The Morgan fingerprint density at radius 3 is 3.06 bits per heavy atom. The molecule has 0 radical (unpaired) electrons. The minimum atomic E-state index is 0.585. The molecule has 1 aromatic rings. The van der Waals surface area contributed by atoms with Gasteiger partial charge in [-0.2, -0.15) is 0 Å². The molecule has 92 valence electrons. The number of nitrogens with zero attached hydrogens (tertiary/aromatic N) is 1.